The van der Waals surface area contributed by atoms with Crippen LogP contribution in [-0.2, 0) is 14.2 Å². The lowest BCUT2D eigenvalue weighted by molar-refractivity contribution is -0.113. The zero-order valence-corrected chi connectivity index (χ0v) is 6.82. The van der Waals surface area contributed by atoms with Crippen LogP contribution in [0.5, 0.6) is 0 Å². The lowest BCUT2D eigenvalue weighted by Crippen LogP contribution is -2.27. The zero-order valence-electron chi connectivity index (χ0n) is 6.82. The van der Waals surface area contributed by atoms with E-state index in [1.54, 1.807) is 14.2 Å². The highest BCUT2D eigenvalue weighted by Crippen LogP contribution is 2.20. The number of aliphatic hydroxyl groups excluding tert-OH is 1. The Morgan fingerprint density at radius 2 is 2.27 bits per heavy atom. The first kappa shape index (κ1) is 8.93. The van der Waals surface area contributed by atoms with Crippen molar-refractivity contribution in [1.29, 1.82) is 0 Å². The number of hydrogen-bond donors (Lipinski definition) is 1. The van der Waals surface area contributed by atoms with Crippen LogP contribution >= 0.6 is 0 Å². The smallest absolute Gasteiger partial charge is 0.157 e. The molecule has 1 saturated heterocycles. The summed E-state index contributed by atoms with van der Waals surface area (Å²) in [4.78, 5) is 0. The van der Waals surface area contributed by atoms with Gasteiger partial charge in [-0.05, 0) is 0 Å². The predicted octanol–water partition coefficient (Wildman–Crippen LogP) is -0.245. The molecule has 1 heterocycles. The third kappa shape index (κ3) is 2.13. The van der Waals surface area contributed by atoms with Crippen molar-refractivity contribution in [1.82, 2.24) is 0 Å². The normalized spacial score (nSPS) is 37.9. The van der Waals surface area contributed by atoms with Crippen LogP contribution in [0.15, 0.2) is 0 Å². The maximum Gasteiger partial charge on any atom is 0.157 e. The Kier molecular flexibility index (Phi) is 3.26. The molecule has 1 fully saturated rings. The molecule has 0 bridgehead atoms. The summed E-state index contributed by atoms with van der Waals surface area (Å²) in [7, 11) is 3.20. The van der Waals surface area contributed by atoms with Crippen LogP contribution < -0.4 is 0 Å². The Morgan fingerprint density at radius 3 is 2.82 bits per heavy atom. The molecule has 11 heavy (non-hydrogen) atoms. The van der Waals surface area contributed by atoms with Gasteiger partial charge in [-0.2, -0.15) is 0 Å². The maximum absolute atomic E-state index is 9.07. The lowest BCUT2D eigenvalue weighted by atomic mass is 10.2. The molecule has 66 valence electrons. The summed E-state index contributed by atoms with van der Waals surface area (Å²) in [6.45, 7) is 0.468. The van der Waals surface area contributed by atoms with Crippen molar-refractivity contribution in [3.63, 3.8) is 0 Å². The van der Waals surface area contributed by atoms with E-state index in [2.05, 4.69) is 0 Å². The fourth-order valence-corrected chi connectivity index (χ4v) is 1.25. The number of aliphatic hydroxyl groups is 1. The van der Waals surface area contributed by atoms with Crippen molar-refractivity contribution < 1.29 is 19.3 Å². The molecular weight excluding hydrogens is 148 g/mol. The molecule has 2 unspecified atom stereocenters. The fourth-order valence-electron chi connectivity index (χ4n) is 1.25. The number of rotatable bonds is 3. The quantitative estimate of drug-likeness (QED) is 0.622. The molecule has 4 nitrogen and oxygen atoms in total. The van der Waals surface area contributed by atoms with Gasteiger partial charge in [0.2, 0.25) is 0 Å². The molecule has 0 aromatic rings. The van der Waals surface area contributed by atoms with Crippen molar-refractivity contribution in [3.8, 4) is 0 Å². The van der Waals surface area contributed by atoms with Gasteiger partial charge in [-0.3, -0.25) is 0 Å². The van der Waals surface area contributed by atoms with E-state index in [9.17, 15) is 0 Å². The van der Waals surface area contributed by atoms with Crippen LogP contribution in [0.2, 0.25) is 0 Å². The van der Waals surface area contributed by atoms with Crippen molar-refractivity contribution in [2.24, 2.45) is 0 Å². The van der Waals surface area contributed by atoms with Crippen LogP contribution in [0.25, 0.3) is 0 Å². The molecule has 3 atom stereocenters. The summed E-state index contributed by atoms with van der Waals surface area (Å²) in [5, 5.41) is 9.07. The highest BCUT2D eigenvalue weighted by Gasteiger charge is 2.33. The van der Waals surface area contributed by atoms with Gasteiger partial charge in [-0.25, -0.2) is 0 Å². The van der Waals surface area contributed by atoms with Crippen LogP contribution in [-0.4, -0.2) is 44.4 Å². The van der Waals surface area contributed by atoms with Crippen molar-refractivity contribution >= 4 is 0 Å². The molecule has 0 spiro atoms. The van der Waals surface area contributed by atoms with Gasteiger partial charge >= 0.3 is 0 Å². The standard InChI is InChI=1S/C7H14O4/c1-9-4-6-5(10-2)3-7(8)11-6/h5-8H,3-4H2,1-2H3/t5?,6-,7?/m1/s1. The SMILES string of the molecule is COC[C@H]1OC(O)CC1OC. The van der Waals surface area contributed by atoms with E-state index < -0.39 is 6.29 Å². The topological polar surface area (TPSA) is 47.9 Å². The Balaban J connectivity index is 2.37. The Hall–Kier alpha value is -0.160. The predicted molar refractivity (Wildman–Crippen MR) is 38.2 cm³/mol. The second-order valence-corrected chi connectivity index (χ2v) is 2.59. The zero-order chi connectivity index (χ0) is 8.27. The Morgan fingerprint density at radius 1 is 1.55 bits per heavy atom. The third-order valence-corrected chi connectivity index (χ3v) is 1.81. The monoisotopic (exact) mass is 162 g/mol. The second-order valence-electron chi connectivity index (χ2n) is 2.59. The summed E-state index contributed by atoms with van der Waals surface area (Å²) in [5.41, 5.74) is 0. The molecule has 4 heteroatoms. The summed E-state index contributed by atoms with van der Waals surface area (Å²) in [6.07, 6.45) is -0.324. The van der Waals surface area contributed by atoms with Crippen LogP contribution in [0.1, 0.15) is 6.42 Å². The van der Waals surface area contributed by atoms with E-state index in [0.717, 1.165) is 0 Å². The van der Waals surface area contributed by atoms with E-state index in [4.69, 9.17) is 19.3 Å². The van der Waals surface area contributed by atoms with Crippen LogP contribution in [0, 0.1) is 0 Å². The molecule has 0 aromatic carbocycles. The van der Waals surface area contributed by atoms with Crippen LogP contribution in [0.4, 0.5) is 0 Å². The van der Waals surface area contributed by atoms with Gasteiger partial charge in [0.15, 0.2) is 6.29 Å². The molecular formula is C7H14O4. The molecule has 0 radical (unpaired) electrons. The average molecular weight is 162 g/mol. The Bertz CT molecular complexity index is 117. The Labute approximate surface area is 66.1 Å². The largest absolute Gasteiger partial charge is 0.382 e. The van der Waals surface area contributed by atoms with E-state index in [-0.39, 0.29) is 12.2 Å². The van der Waals surface area contributed by atoms with Crippen molar-refractivity contribution in [3.05, 3.63) is 0 Å². The fraction of sp³-hybridized carbons (Fsp3) is 1.00. The highest BCUT2D eigenvalue weighted by atomic mass is 16.6. The number of methoxy groups -OCH3 is 2. The molecule has 0 saturated carbocycles. The molecule has 1 aliphatic heterocycles. The molecule has 1 rings (SSSR count). The maximum atomic E-state index is 9.07. The third-order valence-electron chi connectivity index (χ3n) is 1.81. The summed E-state index contributed by atoms with van der Waals surface area (Å²) in [5.74, 6) is 0. The average Bonchev–Trinajstić information content (AvgIpc) is 2.32. The lowest BCUT2D eigenvalue weighted by Gasteiger charge is -2.14. The van der Waals surface area contributed by atoms with E-state index in [0.29, 0.717) is 13.0 Å². The van der Waals surface area contributed by atoms with Gasteiger partial charge in [0.1, 0.15) is 6.10 Å². The molecule has 0 aromatic heterocycles. The number of hydrogen-bond acceptors (Lipinski definition) is 4. The van der Waals surface area contributed by atoms with Crippen molar-refractivity contribution in [2.75, 3.05) is 20.8 Å². The van der Waals surface area contributed by atoms with E-state index >= 15 is 0 Å². The summed E-state index contributed by atoms with van der Waals surface area (Å²) < 4.78 is 15.1. The number of ether oxygens (including phenoxy) is 3. The first-order valence-electron chi connectivity index (χ1n) is 3.63. The minimum atomic E-state index is -0.694. The van der Waals surface area contributed by atoms with Gasteiger partial charge in [-0.1, -0.05) is 0 Å². The molecule has 1 N–H and O–H groups in total. The molecule has 0 aliphatic carbocycles. The first-order chi connectivity index (χ1) is 5.27. The van der Waals surface area contributed by atoms with Gasteiger partial charge < -0.3 is 19.3 Å². The van der Waals surface area contributed by atoms with Gasteiger partial charge in [-0.15, -0.1) is 0 Å². The van der Waals surface area contributed by atoms with Gasteiger partial charge in [0.25, 0.3) is 0 Å². The summed E-state index contributed by atoms with van der Waals surface area (Å²) >= 11 is 0. The summed E-state index contributed by atoms with van der Waals surface area (Å²) in [6, 6.07) is 0. The van der Waals surface area contributed by atoms with E-state index in [1.165, 1.54) is 0 Å². The second kappa shape index (κ2) is 4.01. The highest BCUT2D eigenvalue weighted by molar-refractivity contribution is 4.78. The van der Waals surface area contributed by atoms with Gasteiger partial charge in [0, 0.05) is 20.6 Å². The molecule has 0 amide bonds. The molecule has 1 aliphatic rings. The van der Waals surface area contributed by atoms with Crippen molar-refractivity contribution in [2.45, 2.75) is 24.9 Å². The van der Waals surface area contributed by atoms with Crippen LogP contribution in [0.3, 0.4) is 0 Å². The first-order valence-corrected chi connectivity index (χ1v) is 3.63. The van der Waals surface area contributed by atoms with Gasteiger partial charge in [0.05, 0.1) is 12.7 Å². The minimum absolute atomic E-state index is 0.0371. The van der Waals surface area contributed by atoms with E-state index in [1.807, 2.05) is 0 Å². The minimum Gasteiger partial charge on any atom is -0.382 e.